The van der Waals surface area contributed by atoms with Gasteiger partial charge in [0, 0.05) is 17.7 Å². The number of carbonyl (C=O) groups excluding carboxylic acids is 2. The summed E-state index contributed by atoms with van der Waals surface area (Å²) >= 11 is 0. The van der Waals surface area contributed by atoms with Crippen molar-refractivity contribution in [3.05, 3.63) is 105 Å². The highest BCUT2D eigenvalue weighted by molar-refractivity contribution is 5.99. The summed E-state index contributed by atoms with van der Waals surface area (Å²) in [5.74, 6) is -3.98. The van der Waals surface area contributed by atoms with Gasteiger partial charge in [-0.15, -0.1) is 0 Å². The molecule has 1 unspecified atom stereocenters. The number of benzene rings is 3. The molecule has 1 amide bonds. The molecule has 3 rings (SSSR count). The van der Waals surface area contributed by atoms with Gasteiger partial charge in [0.2, 0.25) is 6.10 Å². The number of nitrogens with one attached hydrogen (secondary N) is 1. The Morgan fingerprint density at radius 2 is 1.65 bits per heavy atom. The Morgan fingerprint density at radius 3 is 2.26 bits per heavy atom. The lowest BCUT2D eigenvalue weighted by Crippen LogP contribution is -2.26. The van der Waals surface area contributed by atoms with E-state index in [0.29, 0.717) is 11.6 Å². The number of hydrogen-bond donors (Lipinski definition) is 1. The van der Waals surface area contributed by atoms with Crippen molar-refractivity contribution in [2.75, 3.05) is 5.32 Å². The maximum absolute atomic E-state index is 13.5. The molecule has 0 aromatic heterocycles. The Labute approximate surface area is 175 Å². The van der Waals surface area contributed by atoms with Crippen LogP contribution in [0, 0.1) is 28.7 Å². The van der Waals surface area contributed by atoms with Crippen molar-refractivity contribution < 1.29 is 28.0 Å². The highest BCUT2D eigenvalue weighted by Gasteiger charge is 2.28. The number of nitro benzene ring substituents is 1. The van der Waals surface area contributed by atoms with Crippen LogP contribution in [0.15, 0.2) is 66.7 Å². The van der Waals surface area contributed by atoms with Crippen LogP contribution in [-0.2, 0) is 9.53 Å². The predicted molar refractivity (Wildman–Crippen MR) is 107 cm³/mol. The van der Waals surface area contributed by atoms with Gasteiger partial charge in [0.1, 0.15) is 17.3 Å². The van der Waals surface area contributed by atoms with Crippen LogP contribution in [0.25, 0.3) is 0 Å². The van der Waals surface area contributed by atoms with Gasteiger partial charge in [-0.3, -0.25) is 14.9 Å². The quantitative estimate of drug-likeness (QED) is 0.349. The SMILES string of the molecule is Cc1ccc(NC(=O)C(OC(=O)c2cc(F)cc(F)c2)c2ccccc2)c([N+](=O)[O-])c1. The number of ether oxygens (including phenoxy) is 1. The molecule has 0 aliphatic rings. The predicted octanol–water partition coefficient (Wildman–Crippen LogP) is 4.72. The number of halogens is 2. The Kier molecular flexibility index (Phi) is 6.35. The largest absolute Gasteiger partial charge is 0.444 e. The molecule has 1 atom stereocenters. The number of nitrogens with zero attached hydrogens (tertiary/aromatic N) is 1. The number of anilines is 1. The average molecular weight is 426 g/mol. The number of esters is 1. The van der Waals surface area contributed by atoms with E-state index in [2.05, 4.69) is 5.32 Å². The van der Waals surface area contributed by atoms with Gasteiger partial charge in [-0.1, -0.05) is 36.4 Å². The minimum absolute atomic E-state index is 0.0885. The fraction of sp³-hybridized carbons (Fsp3) is 0.0909. The molecule has 0 saturated heterocycles. The Hall–Kier alpha value is -4.14. The lowest BCUT2D eigenvalue weighted by atomic mass is 10.1. The molecule has 0 aliphatic heterocycles. The molecule has 0 aliphatic carbocycles. The molecular weight excluding hydrogens is 410 g/mol. The Morgan fingerprint density at radius 1 is 1.00 bits per heavy atom. The molecular formula is C22H16F2N2O5. The molecule has 0 radical (unpaired) electrons. The first-order valence-corrected chi connectivity index (χ1v) is 9.02. The van der Waals surface area contributed by atoms with Crippen molar-refractivity contribution in [2.24, 2.45) is 0 Å². The third kappa shape index (κ3) is 5.27. The fourth-order valence-corrected chi connectivity index (χ4v) is 2.84. The van der Waals surface area contributed by atoms with Crippen molar-refractivity contribution in [2.45, 2.75) is 13.0 Å². The second-order valence-electron chi connectivity index (χ2n) is 6.62. The van der Waals surface area contributed by atoms with Gasteiger partial charge >= 0.3 is 5.97 Å². The lowest BCUT2D eigenvalue weighted by molar-refractivity contribution is -0.384. The van der Waals surface area contributed by atoms with Crippen LogP contribution >= 0.6 is 0 Å². The van der Waals surface area contributed by atoms with Crippen molar-refractivity contribution in [1.29, 1.82) is 0 Å². The highest BCUT2D eigenvalue weighted by Crippen LogP contribution is 2.28. The van der Waals surface area contributed by atoms with Crippen molar-refractivity contribution in [1.82, 2.24) is 0 Å². The zero-order chi connectivity index (χ0) is 22.5. The molecule has 158 valence electrons. The summed E-state index contributed by atoms with van der Waals surface area (Å²) in [5, 5.41) is 13.7. The van der Waals surface area contributed by atoms with Gasteiger partial charge in [-0.05, 0) is 30.7 Å². The van der Waals surface area contributed by atoms with E-state index in [1.54, 1.807) is 31.2 Å². The van der Waals surface area contributed by atoms with Gasteiger partial charge in [0.15, 0.2) is 0 Å². The second kappa shape index (κ2) is 9.12. The minimum atomic E-state index is -1.53. The van der Waals surface area contributed by atoms with Crippen LogP contribution in [0.1, 0.15) is 27.6 Å². The van der Waals surface area contributed by atoms with Crippen molar-refractivity contribution in [3.8, 4) is 0 Å². The molecule has 0 bridgehead atoms. The number of carbonyl (C=O) groups is 2. The smallest absolute Gasteiger partial charge is 0.339 e. The first kappa shape index (κ1) is 21.6. The third-order valence-electron chi connectivity index (χ3n) is 4.27. The van der Waals surface area contributed by atoms with Gasteiger partial charge in [0.05, 0.1) is 10.5 Å². The molecule has 0 fully saturated rings. The van der Waals surface area contributed by atoms with Crippen LogP contribution in [-0.4, -0.2) is 16.8 Å². The first-order chi connectivity index (χ1) is 14.7. The molecule has 3 aromatic rings. The molecule has 31 heavy (non-hydrogen) atoms. The van der Waals surface area contributed by atoms with Gasteiger partial charge in [0.25, 0.3) is 11.6 Å². The normalized spacial score (nSPS) is 11.5. The van der Waals surface area contributed by atoms with Gasteiger partial charge in [-0.25, -0.2) is 13.6 Å². The number of amides is 1. The number of hydrogen-bond acceptors (Lipinski definition) is 5. The van der Waals surface area contributed by atoms with E-state index in [1.807, 2.05) is 0 Å². The lowest BCUT2D eigenvalue weighted by Gasteiger charge is -2.18. The second-order valence-corrected chi connectivity index (χ2v) is 6.62. The van der Waals surface area contributed by atoms with E-state index >= 15 is 0 Å². The molecule has 0 spiro atoms. The summed E-state index contributed by atoms with van der Waals surface area (Å²) in [6.07, 6.45) is -1.53. The van der Waals surface area contributed by atoms with Crippen LogP contribution < -0.4 is 5.32 Å². The number of aryl methyl sites for hydroxylation is 1. The Bertz CT molecular complexity index is 1130. The monoisotopic (exact) mass is 426 g/mol. The first-order valence-electron chi connectivity index (χ1n) is 9.02. The topological polar surface area (TPSA) is 98.5 Å². The molecule has 3 aromatic carbocycles. The summed E-state index contributed by atoms with van der Waals surface area (Å²) in [6, 6.07) is 14.2. The molecule has 0 heterocycles. The van der Waals surface area contributed by atoms with Crippen molar-refractivity contribution >= 4 is 23.3 Å². The van der Waals surface area contributed by atoms with E-state index < -0.39 is 40.1 Å². The van der Waals surface area contributed by atoms with Crippen LogP contribution in [0.4, 0.5) is 20.2 Å². The minimum Gasteiger partial charge on any atom is -0.444 e. The Balaban J connectivity index is 1.92. The number of nitro groups is 1. The van der Waals surface area contributed by atoms with E-state index in [1.165, 1.54) is 24.3 Å². The number of rotatable bonds is 6. The summed E-state index contributed by atoms with van der Waals surface area (Å²) in [4.78, 5) is 36.0. The third-order valence-corrected chi connectivity index (χ3v) is 4.27. The average Bonchev–Trinajstić information content (AvgIpc) is 2.72. The fourth-order valence-electron chi connectivity index (χ4n) is 2.84. The summed E-state index contributed by atoms with van der Waals surface area (Å²) in [7, 11) is 0. The standard InChI is InChI=1S/C22H16F2N2O5/c1-13-7-8-18(19(9-13)26(29)30)25-21(27)20(14-5-3-2-4-6-14)31-22(28)15-10-16(23)12-17(24)11-15/h2-12,20H,1H3,(H,25,27). The van der Waals surface area contributed by atoms with Crippen LogP contribution in [0.5, 0.6) is 0 Å². The maximum atomic E-state index is 13.5. The molecule has 0 saturated carbocycles. The van der Waals surface area contributed by atoms with Crippen LogP contribution in [0.3, 0.4) is 0 Å². The van der Waals surface area contributed by atoms with Crippen LogP contribution in [0.2, 0.25) is 0 Å². The zero-order valence-corrected chi connectivity index (χ0v) is 16.2. The molecule has 7 nitrogen and oxygen atoms in total. The van der Waals surface area contributed by atoms with E-state index in [-0.39, 0.29) is 16.9 Å². The molecule has 1 N–H and O–H groups in total. The maximum Gasteiger partial charge on any atom is 0.339 e. The van der Waals surface area contributed by atoms with E-state index in [9.17, 15) is 28.5 Å². The van der Waals surface area contributed by atoms with E-state index in [4.69, 9.17) is 4.74 Å². The van der Waals surface area contributed by atoms with E-state index in [0.717, 1.165) is 12.1 Å². The van der Waals surface area contributed by atoms with Crippen molar-refractivity contribution in [3.63, 3.8) is 0 Å². The summed E-state index contributed by atoms with van der Waals surface area (Å²) in [6.45, 7) is 1.66. The zero-order valence-electron chi connectivity index (χ0n) is 16.2. The summed E-state index contributed by atoms with van der Waals surface area (Å²) in [5.41, 5.74) is 0.0319. The van der Waals surface area contributed by atoms with Gasteiger partial charge in [-0.2, -0.15) is 0 Å². The molecule has 9 heteroatoms. The highest BCUT2D eigenvalue weighted by atomic mass is 19.1. The summed E-state index contributed by atoms with van der Waals surface area (Å²) < 4.78 is 32.1. The van der Waals surface area contributed by atoms with Gasteiger partial charge < -0.3 is 10.1 Å².